The molecule has 3 aliphatic heterocycles. The summed E-state index contributed by atoms with van der Waals surface area (Å²) in [5.74, 6) is 3.60. The molecule has 60 heavy (non-hydrogen) atoms. The number of β-amino-alcohol motifs (C(OH)–C–C–N with tert-alkyl or cyclic N) is 1. The average Bonchev–Trinajstić information content (AvgIpc) is 3.98. The number of rotatable bonds is 8. The molecule has 0 amide bonds. The van der Waals surface area contributed by atoms with Crippen LogP contribution in [0.5, 0.6) is 6.01 Å². The molecule has 9 rings (SSSR count). The van der Waals surface area contributed by atoms with E-state index in [1.807, 2.05) is 28.2 Å². The van der Waals surface area contributed by atoms with Crippen molar-refractivity contribution in [2.45, 2.75) is 102 Å². The topological polar surface area (TPSA) is 135 Å². The molecular weight excluding hydrogens is 783 g/mol. The first-order chi connectivity index (χ1) is 28.5. The summed E-state index contributed by atoms with van der Waals surface area (Å²) >= 11 is 0. The number of anilines is 1. The Labute approximate surface area is 349 Å². The minimum Gasteiger partial charge on any atom is -0.461 e. The van der Waals surface area contributed by atoms with E-state index in [1.165, 1.54) is 6.07 Å². The van der Waals surface area contributed by atoms with E-state index in [9.17, 15) is 9.50 Å². The van der Waals surface area contributed by atoms with Crippen LogP contribution in [0.3, 0.4) is 0 Å². The molecule has 16 heteroatoms. The van der Waals surface area contributed by atoms with Gasteiger partial charge in [-0.2, -0.15) is 20.2 Å². The van der Waals surface area contributed by atoms with Gasteiger partial charge in [0, 0.05) is 49.9 Å². The zero-order chi connectivity index (χ0) is 42.5. The van der Waals surface area contributed by atoms with E-state index in [0.717, 1.165) is 35.8 Å². The van der Waals surface area contributed by atoms with Gasteiger partial charge in [-0.15, -0.1) is 5.54 Å². The Hall–Kier alpha value is -4.69. The van der Waals surface area contributed by atoms with Crippen LogP contribution in [0.4, 0.5) is 14.6 Å². The van der Waals surface area contributed by atoms with E-state index in [4.69, 9.17) is 29.5 Å². The zero-order valence-corrected chi connectivity index (χ0v) is 37.2. The third kappa shape index (κ3) is 6.37. The van der Waals surface area contributed by atoms with E-state index in [2.05, 4.69) is 68.1 Å². The Bertz CT molecular complexity index is 2690. The molecule has 0 bridgehead atoms. The highest BCUT2D eigenvalue weighted by Gasteiger charge is 2.49. The lowest BCUT2D eigenvalue weighted by molar-refractivity contribution is -0.0123. The summed E-state index contributed by atoms with van der Waals surface area (Å²) in [6.07, 6.45) is 3.08. The number of fused-ring (bicyclic) bond motifs is 6. The van der Waals surface area contributed by atoms with Crippen molar-refractivity contribution >= 4 is 57.9 Å². The number of aliphatic hydroxyl groups is 1. The van der Waals surface area contributed by atoms with Crippen molar-refractivity contribution in [2.24, 2.45) is 14.1 Å². The molecule has 1 aromatic carbocycles. The third-order valence-corrected chi connectivity index (χ3v) is 20.0. The Balaban J connectivity index is 1.30. The molecule has 3 atom stereocenters. The van der Waals surface area contributed by atoms with Gasteiger partial charge < -0.3 is 24.0 Å². The van der Waals surface area contributed by atoms with Crippen LogP contribution in [0.1, 0.15) is 73.3 Å². The predicted octanol–water partition coefficient (Wildman–Crippen LogP) is 7.20. The number of hydrogen-bond acceptors (Lipinski definition) is 10. The number of hydrogen-bond donors (Lipinski definition) is 2. The minimum atomic E-state index is -2.27. The van der Waals surface area contributed by atoms with Gasteiger partial charge in [-0.3, -0.25) is 14.7 Å². The Morgan fingerprint density at radius 3 is 2.57 bits per heavy atom. The summed E-state index contributed by atoms with van der Waals surface area (Å²) in [4.78, 5) is 19.3. The molecule has 2 N–H and O–H groups in total. The molecule has 0 unspecified atom stereocenters. The van der Waals surface area contributed by atoms with Gasteiger partial charge >= 0.3 is 6.01 Å². The van der Waals surface area contributed by atoms with Crippen molar-refractivity contribution in [3.05, 3.63) is 29.7 Å². The van der Waals surface area contributed by atoms with E-state index in [1.54, 1.807) is 19.2 Å². The number of halogens is 2. The molecule has 0 radical (unpaired) electrons. The normalized spacial score (nSPS) is 22.9. The van der Waals surface area contributed by atoms with Crippen molar-refractivity contribution in [2.75, 3.05) is 50.9 Å². The number of ether oxygens (including phenoxy) is 2. The molecule has 0 spiro atoms. The van der Waals surface area contributed by atoms with Gasteiger partial charge in [0.15, 0.2) is 11.3 Å². The highest BCUT2D eigenvalue weighted by Crippen LogP contribution is 2.46. The molecule has 5 aromatic heterocycles. The van der Waals surface area contributed by atoms with E-state index < -0.39 is 31.2 Å². The molecule has 0 aliphatic carbocycles. The lowest BCUT2D eigenvalue weighted by Gasteiger charge is -2.38. The molecular formula is C44H56F2N10O3Si. The number of aryl methyl sites for hydroxylation is 2. The van der Waals surface area contributed by atoms with Gasteiger partial charge in [0.2, 0.25) is 0 Å². The lowest BCUT2D eigenvalue weighted by atomic mass is 9.95. The zero-order valence-electron chi connectivity index (χ0n) is 36.2. The highest BCUT2D eigenvalue weighted by atomic mass is 28.3. The van der Waals surface area contributed by atoms with Gasteiger partial charge in [0.1, 0.15) is 43.8 Å². The van der Waals surface area contributed by atoms with Crippen molar-refractivity contribution in [3.63, 3.8) is 0 Å². The van der Waals surface area contributed by atoms with Gasteiger partial charge in [-0.05, 0) is 55.1 Å². The molecule has 3 fully saturated rings. The van der Waals surface area contributed by atoms with Crippen LogP contribution < -0.4 is 9.64 Å². The molecule has 13 nitrogen and oxygen atoms in total. The van der Waals surface area contributed by atoms with Crippen LogP contribution in [0, 0.1) is 17.3 Å². The molecule has 6 aromatic rings. The summed E-state index contributed by atoms with van der Waals surface area (Å²) in [5.41, 5.74) is 8.00. The molecule has 8 heterocycles. The first kappa shape index (κ1) is 40.7. The maximum absolute atomic E-state index is 16.5. The summed E-state index contributed by atoms with van der Waals surface area (Å²) < 4.78 is 47.5. The number of aromatic nitrogens is 8. The second-order valence-corrected chi connectivity index (χ2v) is 24.3. The Morgan fingerprint density at radius 2 is 1.82 bits per heavy atom. The fourth-order valence-electron chi connectivity index (χ4n) is 11.1. The fourth-order valence-corrected chi connectivity index (χ4v) is 16.3. The standard InChI is InChI=1S/C44H56F2N10O3Si/c1-25(2)60(26(3)4,27(5)6)18-13-29-31(46)11-12-32-33(29)34(30-20-47-51-39(30)48-32)36-38-37(54(9)52-36)35-40(53(38)8)49-42(50-41(35)55-16-17-58-23-43(7,57)22-55)59-24-44-14-10-15-56(44)21-28(45)19-44/h11-12,20,25-28,57H,10,14-17,19,21-24H2,1-9H3,(H,47,48,51)/t28-,43+,44+/m1/s1. The van der Waals surface area contributed by atoms with E-state index in [0.29, 0.717) is 93.0 Å². The number of nitrogens with one attached hydrogen (secondary N) is 1. The largest absolute Gasteiger partial charge is 0.461 e. The number of alkyl halides is 1. The summed E-state index contributed by atoms with van der Waals surface area (Å²) in [7, 11) is 1.55. The van der Waals surface area contributed by atoms with Crippen LogP contribution >= 0.6 is 0 Å². The summed E-state index contributed by atoms with van der Waals surface area (Å²) in [6, 6.07) is 3.32. The number of nitrogens with zero attached hydrogens (tertiary/aromatic N) is 9. The third-order valence-electron chi connectivity index (χ3n) is 13.8. The van der Waals surface area contributed by atoms with Crippen molar-refractivity contribution in [1.82, 2.24) is 44.4 Å². The fraction of sp³-hybridized carbons (Fsp3) is 0.568. The van der Waals surface area contributed by atoms with E-state index in [-0.39, 0.29) is 25.8 Å². The van der Waals surface area contributed by atoms with Crippen molar-refractivity contribution in [3.8, 4) is 28.7 Å². The van der Waals surface area contributed by atoms with E-state index >= 15 is 4.39 Å². The monoisotopic (exact) mass is 838 g/mol. The Kier molecular flexibility index (Phi) is 10.0. The van der Waals surface area contributed by atoms with Crippen LogP contribution in [0.15, 0.2) is 18.3 Å². The summed E-state index contributed by atoms with van der Waals surface area (Å²) in [6.45, 7) is 18.0. The molecule has 318 valence electrons. The second-order valence-electron chi connectivity index (χ2n) is 18.7. The van der Waals surface area contributed by atoms with Crippen molar-refractivity contribution < 1.29 is 23.4 Å². The maximum Gasteiger partial charge on any atom is 0.320 e. The quantitative estimate of drug-likeness (QED) is 0.120. The number of pyridine rings is 1. The first-order valence-electron chi connectivity index (χ1n) is 21.3. The first-order valence-corrected chi connectivity index (χ1v) is 23.6. The number of aromatic amines is 1. The SMILES string of the molecule is CC(C)[Si](C#Cc1c(F)ccc2nc3[nH]ncc3c(-c3nn(C)c4c5c(N6CCOC[C@@](C)(O)C6)nc(OC[C@@]67CCCN6C[C@H](F)C7)nc5n(C)c34)c12)(C(C)C)C(C)C. The van der Waals surface area contributed by atoms with Crippen LogP contribution in [0.2, 0.25) is 16.6 Å². The number of H-pyrrole nitrogens is 1. The predicted molar refractivity (Wildman–Crippen MR) is 233 cm³/mol. The molecule has 0 saturated carbocycles. The van der Waals surface area contributed by atoms with Gasteiger partial charge in [0.05, 0.1) is 59.0 Å². The summed E-state index contributed by atoms with van der Waals surface area (Å²) in [5, 5.41) is 26.0. The minimum absolute atomic E-state index is 0.172. The second kappa shape index (κ2) is 14.7. The Morgan fingerprint density at radius 1 is 1.05 bits per heavy atom. The van der Waals surface area contributed by atoms with Crippen LogP contribution in [-0.2, 0) is 18.8 Å². The van der Waals surface area contributed by atoms with Crippen LogP contribution in [0.25, 0.3) is 55.3 Å². The van der Waals surface area contributed by atoms with Gasteiger partial charge in [-0.25, -0.2) is 13.8 Å². The molecule has 3 aliphatic rings. The smallest absolute Gasteiger partial charge is 0.320 e. The average molecular weight is 839 g/mol. The van der Waals surface area contributed by atoms with Crippen molar-refractivity contribution in [1.29, 1.82) is 0 Å². The molecule has 3 saturated heterocycles. The highest BCUT2D eigenvalue weighted by molar-refractivity contribution is 6.90. The number of benzene rings is 1. The maximum atomic E-state index is 16.5. The van der Waals surface area contributed by atoms with Gasteiger partial charge in [-0.1, -0.05) is 47.5 Å². The van der Waals surface area contributed by atoms with Crippen LogP contribution in [-0.4, -0.2) is 121 Å². The van der Waals surface area contributed by atoms with Gasteiger partial charge in [0.25, 0.3) is 0 Å². The lowest BCUT2D eigenvalue weighted by Crippen LogP contribution is -2.44.